The van der Waals surface area contributed by atoms with Gasteiger partial charge < -0.3 is 9.80 Å². The molecule has 12 aromatic rings. The van der Waals surface area contributed by atoms with Crippen LogP contribution in [0.15, 0.2) is 218 Å². The molecule has 70 heavy (non-hydrogen) atoms. The van der Waals surface area contributed by atoms with E-state index in [0.717, 1.165) is 34.1 Å². The third-order valence-corrected chi connectivity index (χ3v) is 16.2. The molecule has 2 aromatic heterocycles. The number of rotatable bonds is 8. The molecule has 0 saturated heterocycles. The van der Waals surface area contributed by atoms with Gasteiger partial charge in [-0.3, -0.25) is 0 Å². The normalized spacial score (nSPS) is 12.1. The molecule has 0 aliphatic carbocycles. The quantitative estimate of drug-likeness (QED) is 0.150. The van der Waals surface area contributed by atoms with Crippen LogP contribution in [0.1, 0.15) is 52.7 Å². The molecule has 0 amide bonds. The van der Waals surface area contributed by atoms with Crippen LogP contribution in [0.4, 0.5) is 34.1 Å². The molecule has 0 atom stereocenters. The number of benzene rings is 10. The Morgan fingerprint density at radius 1 is 0.271 bits per heavy atom. The van der Waals surface area contributed by atoms with E-state index in [1.807, 2.05) is 22.7 Å². The van der Waals surface area contributed by atoms with Crippen LogP contribution in [-0.4, -0.2) is 0 Å². The predicted molar refractivity (Wildman–Crippen MR) is 307 cm³/mol. The van der Waals surface area contributed by atoms with Gasteiger partial charge >= 0.3 is 0 Å². The fraction of sp³-hybridized carbons (Fsp3) is 0.121. The second-order valence-electron chi connectivity index (χ2n) is 20.7. The van der Waals surface area contributed by atoms with E-state index >= 15 is 0 Å². The minimum absolute atomic E-state index is 0.0743. The van der Waals surface area contributed by atoms with Crippen molar-refractivity contribution in [1.29, 1.82) is 0 Å². The molecule has 0 fully saturated rings. The van der Waals surface area contributed by atoms with Gasteiger partial charge in [0, 0.05) is 74.5 Å². The highest BCUT2D eigenvalue weighted by Crippen LogP contribution is 2.46. The Labute approximate surface area is 419 Å². The highest BCUT2D eigenvalue weighted by Gasteiger charge is 2.21. The van der Waals surface area contributed by atoms with Crippen LogP contribution >= 0.6 is 22.7 Å². The van der Waals surface area contributed by atoms with Crippen molar-refractivity contribution in [3.63, 3.8) is 0 Å². The minimum Gasteiger partial charge on any atom is -0.310 e. The summed E-state index contributed by atoms with van der Waals surface area (Å²) in [5, 5.41) is 7.74. The summed E-state index contributed by atoms with van der Waals surface area (Å²) in [6, 6.07) is 81.2. The maximum Gasteiger partial charge on any atom is 0.0476 e. The largest absolute Gasteiger partial charge is 0.310 e. The van der Waals surface area contributed by atoms with Gasteiger partial charge in [0.05, 0.1) is 0 Å². The minimum atomic E-state index is 0.0743. The first-order valence-electron chi connectivity index (χ1n) is 24.3. The van der Waals surface area contributed by atoms with Gasteiger partial charge in [0.2, 0.25) is 0 Å². The molecule has 0 unspecified atom stereocenters. The molecule has 2 heterocycles. The Hall–Kier alpha value is -7.50. The third-order valence-electron chi connectivity index (χ3n) is 14.0. The molecule has 0 saturated carbocycles. The lowest BCUT2D eigenvalue weighted by Gasteiger charge is -2.27. The smallest absolute Gasteiger partial charge is 0.0476 e. The van der Waals surface area contributed by atoms with E-state index < -0.39 is 0 Å². The Morgan fingerprint density at radius 2 is 0.571 bits per heavy atom. The van der Waals surface area contributed by atoms with Crippen LogP contribution in [0.2, 0.25) is 0 Å². The van der Waals surface area contributed by atoms with Gasteiger partial charge in [-0.05, 0) is 152 Å². The van der Waals surface area contributed by atoms with Crippen LogP contribution in [0.3, 0.4) is 0 Å². The zero-order chi connectivity index (χ0) is 47.7. The SMILES string of the molecule is CC(C)(C)c1ccc(N(c2ccc(-c3ccccc3)cc2)c2ccc3c(c2)sc2cc4cc5sc6cc(N(c7ccc(-c8ccccc8)cc7)c7ccc(C(C)(C)C)cc7)ccc6c5cc4cc23)cc1. The Balaban J connectivity index is 0.915. The standard InChI is InChI=1S/C66H54N2S2/c1-65(2,3)49-21-29-53(30-22-49)67(51-25-17-45(18-26-51)43-13-9-7-10-14-43)55-33-35-57-59-37-47-38-60-58-36-34-56(42-64(58)70-62(60)40-48(47)39-61(59)69-63(57)41-55)68(54-31-23-50(24-32-54)66(4,5)6)52-27-19-46(20-28-52)44-15-11-8-12-16-44/h7-42H,1-6H3. The van der Waals surface area contributed by atoms with Gasteiger partial charge in [-0.2, -0.15) is 0 Å². The first kappa shape index (κ1) is 43.8. The van der Waals surface area contributed by atoms with Crippen molar-refractivity contribution in [3.8, 4) is 22.3 Å². The average Bonchev–Trinajstić information content (AvgIpc) is 3.92. The molecule has 0 N–H and O–H groups in total. The van der Waals surface area contributed by atoms with Crippen molar-refractivity contribution >= 4 is 108 Å². The Morgan fingerprint density at radius 3 is 0.929 bits per heavy atom. The van der Waals surface area contributed by atoms with Gasteiger partial charge in [-0.15, -0.1) is 22.7 Å². The first-order chi connectivity index (χ1) is 33.9. The zero-order valence-corrected chi connectivity index (χ0v) is 42.1. The van der Waals surface area contributed by atoms with E-state index in [9.17, 15) is 0 Å². The molecule has 0 aliphatic heterocycles. The number of fused-ring (bicyclic) bond motifs is 7. The maximum atomic E-state index is 2.42. The summed E-state index contributed by atoms with van der Waals surface area (Å²) in [7, 11) is 0. The van der Waals surface area contributed by atoms with E-state index in [-0.39, 0.29) is 10.8 Å². The molecular weight excluding hydrogens is 885 g/mol. The number of hydrogen-bond donors (Lipinski definition) is 0. The summed E-state index contributed by atoms with van der Waals surface area (Å²) in [5.74, 6) is 0. The highest BCUT2D eigenvalue weighted by molar-refractivity contribution is 7.26. The van der Waals surface area contributed by atoms with Gasteiger partial charge in [0.1, 0.15) is 0 Å². The average molecular weight is 939 g/mol. The van der Waals surface area contributed by atoms with Crippen LogP contribution in [0, 0.1) is 0 Å². The van der Waals surface area contributed by atoms with Gasteiger partial charge in [-0.1, -0.05) is 163 Å². The lowest BCUT2D eigenvalue weighted by atomic mass is 9.87. The number of hydrogen-bond acceptors (Lipinski definition) is 4. The summed E-state index contributed by atoms with van der Waals surface area (Å²) in [5.41, 5.74) is 14.5. The van der Waals surface area contributed by atoms with Crippen LogP contribution in [0.5, 0.6) is 0 Å². The van der Waals surface area contributed by atoms with E-state index in [1.54, 1.807) is 0 Å². The van der Waals surface area contributed by atoms with Crippen molar-refractivity contribution in [2.45, 2.75) is 52.4 Å². The highest BCUT2D eigenvalue weighted by atomic mass is 32.1. The van der Waals surface area contributed by atoms with Crippen molar-refractivity contribution in [2.75, 3.05) is 9.80 Å². The van der Waals surface area contributed by atoms with E-state index in [0.29, 0.717) is 0 Å². The second kappa shape index (κ2) is 17.2. The molecule has 340 valence electrons. The van der Waals surface area contributed by atoms with Crippen LogP contribution in [-0.2, 0) is 10.8 Å². The first-order valence-corrected chi connectivity index (χ1v) is 25.9. The van der Waals surface area contributed by atoms with Crippen LogP contribution in [0.25, 0.3) is 73.4 Å². The summed E-state index contributed by atoms with van der Waals surface area (Å²) in [4.78, 5) is 4.80. The maximum absolute atomic E-state index is 2.42. The fourth-order valence-corrected chi connectivity index (χ4v) is 12.4. The molecule has 0 radical (unpaired) electrons. The number of anilines is 6. The van der Waals surface area contributed by atoms with Crippen molar-refractivity contribution < 1.29 is 0 Å². The molecule has 4 heteroatoms. The van der Waals surface area contributed by atoms with E-state index in [4.69, 9.17) is 0 Å². The monoisotopic (exact) mass is 938 g/mol. The van der Waals surface area contributed by atoms with Crippen LogP contribution < -0.4 is 9.80 Å². The van der Waals surface area contributed by atoms with Crippen molar-refractivity contribution in [3.05, 3.63) is 230 Å². The topological polar surface area (TPSA) is 6.48 Å². The second-order valence-corrected chi connectivity index (χ2v) is 22.9. The molecule has 10 aromatic carbocycles. The van der Waals surface area contributed by atoms with Crippen molar-refractivity contribution in [2.24, 2.45) is 0 Å². The molecular formula is C66H54N2S2. The lowest BCUT2D eigenvalue weighted by Crippen LogP contribution is -2.13. The van der Waals surface area contributed by atoms with E-state index in [1.165, 1.54) is 84.5 Å². The Kier molecular flexibility index (Phi) is 10.7. The van der Waals surface area contributed by atoms with Gasteiger partial charge in [0.25, 0.3) is 0 Å². The summed E-state index contributed by atoms with van der Waals surface area (Å²) in [6.07, 6.45) is 0. The van der Waals surface area contributed by atoms with Crippen molar-refractivity contribution in [1.82, 2.24) is 0 Å². The van der Waals surface area contributed by atoms with Gasteiger partial charge in [0.15, 0.2) is 0 Å². The number of thiophene rings is 2. The molecule has 0 bridgehead atoms. The Bertz CT molecular complexity index is 3600. The molecule has 0 spiro atoms. The zero-order valence-electron chi connectivity index (χ0n) is 40.5. The molecule has 2 nitrogen and oxygen atoms in total. The molecule has 0 aliphatic rings. The fourth-order valence-electron chi connectivity index (χ4n) is 10.0. The summed E-state index contributed by atoms with van der Waals surface area (Å²) < 4.78 is 5.18. The predicted octanol–water partition coefficient (Wildman–Crippen LogP) is 20.4. The number of nitrogens with zero attached hydrogens (tertiary/aromatic N) is 2. The summed E-state index contributed by atoms with van der Waals surface area (Å²) in [6.45, 7) is 13.7. The third kappa shape index (κ3) is 8.11. The molecule has 12 rings (SSSR count). The summed E-state index contributed by atoms with van der Waals surface area (Å²) >= 11 is 3.78. The van der Waals surface area contributed by atoms with E-state index in [2.05, 4.69) is 270 Å². The lowest BCUT2D eigenvalue weighted by molar-refractivity contribution is 0.590. The van der Waals surface area contributed by atoms with Gasteiger partial charge in [-0.25, -0.2) is 0 Å².